The van der Waals surface area contributed by atoms with Gasteiger partial charge in [-0.3, -0.25) is 4.57 Å². The zero-order valence-corrected chi connectivity index (χ0v) is 19.9. The molecule has 0 aliphatic carbocycles. The first kappa shape index (κ1) is 27.7. The molecule has 6 atom stereocenters. The Morgan fingerprint density at radius 1 is 1.12 bits per heavy atom. The quantitative estimate of drug-likeness (QED) is 0.167. The van der Waals surface area contributed by atoms with Crippen LogP contribution in [0.2, 0.25) is 0 Å². The normalized spacial score (nSPS) is 27.6. The summed E-state index contributed by atoms with van der Waals surface area (Å²) in [6.07, 6.45) is -3.64. The third kappa shape index (κ3) is 6.52. The summed E-state index contributed by atoms with van der Waals surface area (Å²) in [5, 5.41) is 20.4. The van der Waals surface area contributed by atoms with Crippen molar-refractivity contribution in [1.29, 1.82) is 0 Å². The zero-order chi connectivity index (χ0) is 23.2. The largest absolute Gasteiger partial charge is 2.00 e. The molecule has 0 radical (unpaired) electrons. The number of nitrogens with zero attached hydrogens (tertiary/aromatic N) is 4. The minimum Gasteiger partial charge on any atom is -0.778 e. The van der Waals surface area contributed by atoms with E-state index < -0.39 is 60.1 Å². The molecule has 0 amide bonds. The Morgan fingerprint density at radius 2 is 1.78 bits per heavy atom. The molecule has 174 valence electrons. The van der Waals surface area contributed by atoms with Gasteiger partial charge in [-0.1, -0.05) is 0 Å². The van der Waals surface area contributed by atoms with Gasteiger partial charge in [-0.15, -0.1) is 0 Å². The van der Waals surface area contributed by atoms with Crippen molar-refractivity contribution in [2.75, 3.05) is 18.2 Å². The number of fused-ring (bicyclic) bond motifs is 1. The minimum atomic E-state index is -5.51. The molecule has 32 heavy (non-hydrogen) atoms. The molecular formula is C11H16MgN5O12P3. The Hall–Kier alpha value is -0.554. The molecule has 6 N–H and O–H groups in total. The van der Waals surface area contributed by atoms with E-state index in [9.17, 15) is 33.7 Å². The fourth-order valence-corrected chi connectivity index (χ4v) is 7.15. The Labute approximate surface area is 195 Å². The van der Waals surface area contributed by atoms with Gasteiger partial charge in [-0.05, 0) is 0 Å². The van der Waals surface area contributed by atoms with Gasteiger partial charge in [0.2, 0.25) is 0 Å². The number of ether oxygens (including phenoxy) is 1. The number of nitrogens with two attached hydrogens (primary N) is 1. The van der Waals surface area contributed by atoms with Crippen LogP contribution in [0, 0.1) is 0 Å². The third-order valence-corrected chi connectivity index (χ3v) is 9.17. The van der Waals surface area contributed by atoms with Crippen LogP contribution in [0.3, 0.4) is 0 Å². The van der Waals surface area contributed by atoms with E-state index >= 15 is 0 Å². The van der Waals surface area contributed by atoms with Crippen LogP contribution >= 0.6 is 23.0 Å². The maximum absolute atomic E-state index is 11.9. The van der Waals surface area contributed by atoms with Gasteiger partial charge in [-0.2, -0.15) is 0 Å². The zero-order valence-electron chi connectivity index (χ0n) is 15.8. The Bertz CT molecular complexity index is 1110. The predicted molar refractivity (Wildman–Crippen MR) is 101 cm³/mol. The summed E-state index contributed by atoms with van der Waals surface area (Å²) in [6.45, 7) is -0.921. The van der Waals surface area contributed by atoms with Crippen molar-refractivity contribution >= 4 is 63.0 Å². The summed E-state index contributed by atoms with van der Waals surface area (Å²) in [4.78, 5) is 52.0. The van der Waals surface area contributed by atoms with Crippen LogP contribution in [0.5, 0.6) is 0 Å². The van der Waals surface area contributed by atoms with Crippen LogP contribution in [0.25, 0.3) is 11.2 Å². The molecule has 0 aromatic carbocycles. The topological polar surface area (TPSA) is 276 Å². The van der Waals surface area contributed by atoms with Crippen LogP contribution in [0.15, 0.2) is 12.7 Å². The number of aliphatic hydroxyl groups is 2. The summed E-state index contributed by atoms with van der Waals surface area (Å²) in [6, 6.07) is 0. The number of nitrogen functional groups attached to an aromatic ring is 1. The molecule has 1 aliphatic rings. The van der Waals surface area contributed by atoms with Gasteiger partial charge in [0.1, 0.15) is 37.8 Å². The van der Waals surface area contributed by atoms with Crippen molar-refractivity contribution in [3.05, 3.63) is 12.7 Å². The SMILES string of the molecule is Nc1ncnc2c1ncn2[C@@H]1O[C@H](COP(=O)([O-])CP(=O)([O-])OP(=O)(O)O)[C@@H](O)[C@H]1O.[Mg+2]. The number of aliphatic hydroxyl groups excluding tert-OH is 2. The van der Waals surface area contributed by atoms with Crippen molar-refractivity contribution in [2.45, 2.75) is 24.5 Å². The fraction of sp³-hybridized carbons (Fsp3) is 0.545. The second-order valence-corrected chi connectivity index (χ2v) is 11.8. The minimum absolute atomic E-state index is 0. The number of aromatic nitrogens is 4. The molecule has 2 aromatic rings. The van der Waals surface area contributed by atoms with Gasteiger partial charge in [0.25, 0.3) is 0 Å². The van der Waals surface area contributed by atoms with Crippen molar-refractivity contribution in [3.8, 4) is 0 Å². The van der Waals surface area contributed by atoms with Crippen LogP contribution in [0.4, 0.5) is 5.82 Å². The van der Waals surface area contributed by atoms with Crippen molar-refractivity contribution in [2.24, 2.45) is 0 Å². The molecule has 17 nitrogen and oxygen atoms in total. The van der Waals surface area contributed by atoms with Gasteiger partial charge in [-0.25, -0.2) is 23.8 Å². The summed E-state index contributed by atoms with van der Waals surface area (Å²) in [7, 11) is -16.3. The van der Waals surface area contributed by atoms with Crippen molar-refractivity contribution in [3.63, 3.8) is 0 Å². The van der Waals surface area contributed by atoms with E-state index in [4.69, 9.17) is 20.3 Å². The molecule has 0 spiro atoms. The van der Waals surface area contributed by atoms with Gasteiger partial charge >= 0.3 is 30.9 Å². The van der Waals surface area contributed by atoms with E-state index in [1.807, 2.05) is 0 Å². The molecule has 0 bridgehead atoms. The molecule has 21 heteroatoms. The Balaban J connectivity index is 0.00000363. The van der Waals surface area contributed by atoms with Gasteiger partial charge in [0.15, 0.2) is 25.3 Å². The van der Waals surface area contributed by atoms with Crippen LogP contribution in [-0.2, 0) is 27.3 Å². The van der Waals surface area contributed by atoms with Gasteiger partial charge < -0.3 is 53.9 Å². The van der Waals surface area contributed by atoms with Gasteiger partial charge in [0.05, 0.1) is 18.8 Å². The predicted octanol–water partition coefficient (Wildman–Crippen LogP) is -3.16. The van der Waals surface area contributed by atoms with Crippen LogP contribution in [-0.4, -0.2) is 93.4 Å². The first-order valence-corrected chi connectivity index (χ1v) is 13.1. The molecule has 1 saturated heterocycles. The molecule has 2 aromatic heterocycles. The van der Waals surface area contributed by atoms with Crippen LogP contribution < -0.4 is 15.5 Å². The molecule has 2 unspecified atom stereocenters. The molecule has 0 saturated carbocycles. The standard InChI is InChI=1S/C11H18N5O12P3.Mg/c12-9-6-10(14-2-13-9)16(3-15-6)11-8(18)7(17)5(27-11)1-26-29(19,20)4-30(21,22)28-31(23,24)25;/h2-3,5,7-8,11,17-18H,1,4H2,(H,19,20)(H,21,22)(H2,12,13,14)(H2,23,24,25);/q;+2/p-2/t5-,7-,8-,11-;/m1./s1. The first-order valence-electron chi connectivity index (χ1n) is 8.15. The monoisotopic (exact) mass is 527 g/mol. The molecular weight excluding hydrogens is 511 g/mol. The van der Waals surface area contributed by atoms with Crippen molar-refractivity contribution < 1.29 is 57.1 Å². The maximum atomic E-state index is 11.9. The number of rotatable bonds is 8. The summed E-state index contributed by atoms with van der Waals surface area (Å²) >= 11 is 0. The smallest absolute Gasteiger partial charge is 0.778 e. The summed E-state index contributed by atoms with van der Waals surface area (Å²) in [5.41, 5.74) is 6.01. The van der Waals surface area contributed by atoms with E-state index in [1.54, 1.807) is 0 Å². The average Bonchev–Trinajstić information content (AvgIpc) is 3.13. The van der Waals surface area contributed by atoms with E-state index in [0.717, 1.165) is 6.33 Å². The van der Waals surface area contributed by atoms with E-state index in [0.29, 0.717) is 0 Å². The maximum Gasteiger partial charge on any atom is 2.00 e. The average molecular weight is 527 g/mol. The fourth-order valence-electron chi connectivity index (χ4n) is 2.78. The van der Waals surface area contributed by atoms with Gasteiger partial charge in [0, 0.05) is 0 Å². The second-order valence-electron chi connectivity index (χ2n) is 6.36. The molecule has 3 rings (SSSR count). The Kier molecular flexibility index (Phi) is 8.63. The van der Waals surface area contributed by atoms with E-state index in [-0.39, 0.29) is 40.0 Å². The summed E-state index contributed by atoms with van der Waals surface area (Å²) in [5.74, 6) is -1.81. The first-order chi connectivity index (χ1) is 14.2. The number of phosphoric acid groups is 1. The number of anilines is 1. The number of imidazole rings is 1. The molecule has 1 fully saturated rings. The second kappa shape index (κ2) is 9.97. The molecule has 3 heterocycles. The van der Waals surface area contributed by atoms with Crippen LogP contribution in [0.1, 0.15) is 6.23 Å². The van der Waals surface area contributed by atoms with E-state index in [2.05, 4.69) is 23.8 Å². The Morgan fingerprint density at radius 3 is 2.41 bits per heavy atom. The number of hydrogen-bond acceptors (Lipinski definition) is 14. The third-order valence-electron chi connectivity index (χ3n) is 4.01. The van der Waals surface area contributed by atoms with E-state index in [1.165, 1.54) is 10.9 Å². The number of hydrogen-bond donors (Lipinski definition) is 5. The van der Waals surface area contributed by atoms with Crippen molar-refractivity contribution in [1.82, 2.24) is 19.5 Å². The summed E-state index contributed by atoms with van der Waals surface area (Å²) < 4.78 is 48.5. The molecule has 1 aliphatic heterocycles.